The Labute approximate surface area is 151 Å². The normalized spacial score (nSPS) is 11.2. The number of H-pyrrole nitrogens is 1. The first-order valence-corrected chi connectivity index (χ1v) is 9.12. The smallest absolute Gasteiger partial charge is 0.251 e. The number of nitrogens with two attached hydrogens (primary N) is 1. The lowest BCUT2D eigenvalue weighted by atomic mass is 10.1. The predicted octanol–water partition coefficient (Wildman–Crippen LogP) is 2.63. The van der Waals surface area contributed by atoms with E-state index in [4.69, 9.17) is 5.73 Å². The highest BCUT2D eigenvalue weighted by Gasteiger charge is 2.07. The molecule has 0 fully saturated rings. The summed E-state index contributed by atoms with van der Waals surface area (Å²) in [6.07, 6.45) is 0.597. The molecule has 3 N–H and O–H groups in total. The van der Waals surface area contributed by atoms with Crippen LogP contribution in [0.25, 0.3) is 11.4 Å². The van der Waals surface area contributed by atoms with Crippen LogP contribution in [0.3, 0.4) is 0 Å². The largest absolute Gasteiger partial charge is 0.330 e. The molecule has 2 heterocycles. The summed E-state index contributed by atoms with van der Waals surface area (Å²) in [6.45, 7) is 2.23. The Morgan fingerprint density at radius 2 is 2.08 bits per heavy atom. The van der Waals surface area contributed by atoms with E-state index in [2.05, 4.69) is 51.6 Å². The number of benzene rings is 1. The molecule has 0 bridgehead atoms. The summed E-state index contributed by atoms with van der Waals surface area (Å²) >= 11 is 1.77. The number of hydrogen-bond donors (Lipinski definition) is 2. The van der Waals surface area contributed by atoms with Crippen molar-refractivity contribution in [1.29, 1.82) is 0 Å². The molecule has 0 aliphatic rings. The molecule has 2 aromatic heterocycles. The van der Waals surface area contributed by atoms with Gasteiger partial charge in [-0.1, -0.05) is 24.3 Å². The zero-order valence-corrected chi connectivity index (χ0v) is 15.1. The summed E-state index contributed by atoms with van der Waals surface area (Å²) in [5.74, 6) is 0.596. The summed E-state index contributed by atoms with van der Waals surface area (Å²) in [5, 5.41) is 2.10. The van der Waals surface area contributed by atoms with Gasteiger partial charge in [0.05, 0.1) is 0 Å². The molecule has 1 aromatic carbocycles. The van der Waals surface area contributed by atoms with Gasteiger partial charge in [-0.2, -0.15) is 0 Å². The molecule has 0 saturated heterocycles. The topological polar surface area (TPSA) is 75.0 Å². The number of nitrogens with one attached hydrogen (secondary N) is 1. The third-order valence-electron chi connectivity index (χ3n) is 3.85. The number of aromatic amines is 1. The Kier molecular flexibility index (Phi) is 5.75. The molecule has 130 valence electrons. The highest BCUT2D eigenvalue weighted by atomic mass is 32.1. The van der Waals surface area contributed by atoms with E-state index in [0.29, 0.717) is 18.8 Å². The third-order valence-corrected chi connectivity index (χ3v) is 4.72. The Morgan fingerprint density at radius 3 is 2.84 bits per heavy atom. The second-order valence-electron chi connectivity index (χ2n) is 6.08. The molecule has 0 saturated carbocycles. The van der Waals surface area contributed by atoms with Gasteiger partial charge in [-0.25, -0.2) is 4.98 Å². The lowest BCUT2D eigenvalue weighted by Gasteiger charge is -2.16. The van der Waals surface area contributed by atoms with Crippen molar-refractivity contribution in [2.75, 3.05) is 13.6 Å². The molecule has 6 heteroatoms. The lowest BCUT2D eigenvalue weighted by Crippen LogP contribution is -2.16. The van der Waals surface area contributed by atoms with E-state index >= 15 is 0 Å². The van der Waals surface area contributed by atoms with E-state index < -0.39 is 0 Å². The average Bonchev–Trinajstić information content (AvgIpc) is 3.07. The van der Waals surface area contributed by atoms with Gasteiger partial charge in [-0.05, 0) is 36.7 Å². The average molecular weight is 354 g/mol. The number of nitrogens with zero attached hydrogens (tertiary/aromatic N) is 2. The van der Waals surface area contributed by atoms with Crippen LogP contribution >= 0.6 is 11.3 Å². The van der Waals surface area contributed by atoms with Crippen molar-refractivity contribution < 1.29 is 0 Å². The molecule has 0 aliphatic heterocycles. The third kappa shape index (κ3) is 4.85. The molecular weight excluding hydrogens is 332 g/mol. The van der Waals surface area contributed by atoms with Crippen LogP contribution in [-0.2, 0) is 19.5 Å². The standard InChI is InChI=1S/C19H22N4OS/c1-23(13-17-6-3-9-25-17)12-14-4-2-5-15(10-14)19-21-16(7-8-20)11-18(24)22-19/h2-6,9-11H,7-8,12-13,20H2,1H3,(H,21,22,24). The van der Waals surface area contributed by atoms with E-state index in [1.807, 2.05) is 12.1 Å². The Bertz CT molecular complexity index is 873. The number of rotatable bonds is 7. The molecular formula is C19H22N4OS. The van der Waals surface area contributed by atoms with Gasteiger partial charge in [0.15, 0.2) is 0 Å². The minimum absolute atomic E-state index is 0.145. The van der Waals surface area contributed by atoms with E-state index in [1.165, 1.54) is 16.5 Å². The minimum Gasteiger partial charge on any atom is -0.330 e. The number of thiophene rings is 1. The van der Waals surface area contributed by atoms with Crippen LogP contribution in [-0.4, -0.2) is 28.5 Å². The molecule has 0 atom stereocenters. The fraction of sp³-hybridized carbons (Fsp3) is 0.263. The second-order valence-corrected chi connectivity index (χ2v) is 7.11. The number of aromatic nitrogens is 2. The zero-order chi connectivity index (χ0) is 17.6. The maximum atomic E-state index is 11.9. The van der Waals surface area contributed by atoms with Gasteiger partial charge in [0.2, 0.25) is 0 Å². The molecule has 0 aliphatic carbocycles. The van der Waals surface area contributed by atoms with E-state index in [9.17, 15) is 4.79 Å². The first-order chi connectivity index (χ1) is 12.1. The first-order valence-electron chi connectivity index (χ1n) is 8.24. The van der Waals surface area contributed by atoms with Gasteiger partial charge in [0, 0.05) is 41.7 Å². The van der Waals surface area contributed by atoms with Crippen LogP contribution < -0.4 is 11.3 Å². The fourth-order valence-corrected chi connectivity index (χ4v) is 3.56. The summed E-state index contributed by atoms with van der Waals surface area (Å²) in [4.78, 5) is 22.8. The summed E-state index contributed by atoms with van der Waals surface area (Å²) in [6, 6.07) is 13.9. The summed E-state index contributed by atoms with van der Waals surface area (Å²) in [7, 11) is 2.11. The van der Waals surface area contributed by atoms with E-state index in [0.717, 1.165) is 24.3 Å². The fourth-order valence-electron chi connectivity index (χ4n) is 2.77. The van der Waals surface area contributed by atoms with Crippen LogP contribution in [0.2, 0.25) is 0 Å². The van der Waals surface area contributed by atoms with Crippen molar-refractivity contribution in [2.45, 2.75) is 19.5 Å². The Hall–Kier alpha value is -2.28. The van der Waals surface area contributed by atoms with Crippen molar-refractivity contribution in [3.8, 4) is 11.4 Å². The van der Waals surface area contributed by atoms with E-state index in [-0.39, 0.29) is 5.56 Å². The highest BCUT2D eigenvalue weighted by Crippen LogP contribution is 2.18. The minimum atomic E-state index is -0.145. The maximum Gasteiger partial charge on any atom is 0.251 e. The zero-order valence-electron chi connectivity index (χ0n) is 14.2. The predicted molar refractivity (Wildman–Crippen MR) is 103 cm³/mol. The summed E-state index contributed by atoms with van der Waals surface area (Å²) < 4.78 is 0. The monoisotopic (exact) mass is 354 g/mol. The van der Waals surface area contributed by atoms with Crippen molar-refractivity contribution in [3.05, 3.63) is 74.3 Å². The van der Waals surface area contributed by atoms with Crippen LogP contribution in [0.5, 0.6) is 0 Å². The molecule has 0 unspecified atom stereocenters. The van der Waals surface area contributed by atoms with Gasteiger partial charge in [-0.3, -0.25) is 9.69 Å². The Morgan fingerprint density at radius 1 is 1.20 bits per heavy atom. The quantitative estimate of drug-likeness (QED) is 0.684. The molecule has 0 amide bonds. The van der Waals surface area contributed by atoms with Crippen molar-refractivity contribution >= 4 is 11.3 Å². The van der Waals surface area contributed by atoms with Gasteiger partial charge in [0.1, 0.15) is 5.82 Å². The van der Waals surface area contributed by atoms with Crippen LogP contribution in [0, 0.1) is 0 Å². The SMILES string of the molecule is CN(Cc1cccc(-c2nc(CCN)cc(=O)[nH]2)c1)Cc1cccs1. The Balaban J connectivity index is 1.78. The molecule has 0 spiro atoms. The van der Waals surface area contributed by atoms with Gasteiger partial charge in [-0.15, -0.1) is 11.3 Å². The van der Waals surface area contributed by atoms with Crippen LogP contribution in [0.1, 0.15) is 16.1 Å². The molecule has 0 radical (unpaired) electrons. The second kappa shape index (κ2) is 8.20. The number of hydrogen-bond acceptors (Lipinski definition) is 5. The van der Waals surface area contributed by atoms with Gasteiger partial charge >= 0.3 is 0 Å². The van der Waals surface area contributed by atoms with Crippen molar-refractivity contribution in [2.24, 2.45) is 5.73 Å². The van der Waals surface area contributed by atoms with Crippen molar-refractivity contribution in [3.63, 3.8) is 0 Å². The van der Waals surface area contributed by atoms with Crippen LogP contribution in [0.15, 0.2) is 52.6 Å². The first kappa shape index (κ1) is 17.5. The van der Waals surface area contributed by atoms with Crippen molar-refractivity contribution in [1.82, 2.24) is 14.9 Å². The molecule has 5 nitrogen and oxygen atoms in total. The molecule has 3 aromatic rings. The summed E-state index contributed by atoms with van der Waals surface area (Å²) in [5.41, 5.74) is 8.25. The van der Waals surface area contributed by atoms with E-state index in [1.54, 1.807) is 11.3 Å². The van der Waals surface area contributed by atoms with Gasteiger partial charge in [0.25, 0.3) is 5.56 Å². The molecule has 25 heavy (non-hydrogen) atoms. The highest BCUT2D eigenvalue weighted by molar-refractivity contribution is 7.09. The maximum absolute atomic E-state index is 11.9. The van der Waals surface area contributed by atoms with Gasteiger partial charge < -0.3 is 10.7 Å². The molecule has 3 rings (SSSR count). The lowest BCUT2D eigenvalue weighted by molar-refractivity contribution is 0.322. The van der Waals surface area contributed by atoms with Crippen LogP contribution in [0.4, 0.5) is 0 Å².